The van der Waals surface area contributed by atoms with Gasteiger partial charge in [-0.3, -0.25) is 37.7 Å². The molecule has 2 aliphatic heterocycles. The number of benzene rings is 5. The van der Waals surface area contributed by atoms with Crippen molar-refractivity contribution < 1.29 is 55.9 Å². The van der Waals surface area contributed by atoms with Crippen LogP contribution in [-0.4, -0.2) is 120 Å². The molecule has 1 unspecified atom stereocenters. The van der Waals surface area contributed by atoms with E-state index in [4.69, 9.17) is 46.5 Å². The number of methoxy groups -OCH3 is 2. The molecule has 3 aliphatic rings. The number of nitriles is 1. The number of unbranched alkanes of at least 4 members (excludes halogenated alkanes) is 2. The number of hydrogen-bond acceptors (Lipinski definition) is 18. The Balaban J connectivity index is 0.946. The van der Waals surface area contributed by atoms with Crippen molar-refractivity contribution in [3.05, 3.63) is 220 Å². The van der Waals surface area contributed by atoms with Gasteiger partial charge in [-0.15, -0.1) is 0 Å². The largest absolute Gasteiger partial charge is 0.497 e. The summed E-state index contributed by atoms with van der Waals surface area (Å²) in [4.78, 5) is 70.7. The van der Waals surface area contributed by atoms with Crippen molar-refractivity contribution in [1.82, 2.24) is 34.2 Å². The molecule has 1 aliphatic carbocycles. The van der Waals surface area contributed by atoms with Gasteiger partial charge in [0.1, 0.15) is 54.5 Å². The number of aryl methyl sites for hydroxylation is 2. The minimum atomic E-state index is -4.62. The van der Waals surface area contributed by atoms with Crippen LogP contribution in [0.4, 0.5) is 4.79 Å². The highest BCUT2D eigenvalue weighted by molar-refractivity contribution is 7.51. The number of carbonyl (C=O) groups is 1. The summed E-state index contributed by atoms with van der Waals surface area (Å²) in [6.45, 7) is 11.0. The van der Waals surface area contributed by atoms with Crippen LogP contribution < -0.4 is 42.4 Å². The normalized spacial score (nSPS) is 19.4. The van der Waals surface area contributed by atoms with Gasteiger partial charge in [0.25, 0.3) is 19.6 Å². The van der Waals surface area contributed by atoms with Crippen LogP contribution in [0, 0.1) is 25.2 Å². The lowest BCUT2D eigenvalue weighted by Crippen LogP contribution is -2.39. The van der Waals surface area contributed by atoms with Crippen molar-refractivity contribution in [2.75, 3.05) is 53.7 Å². The number of nitrogens with zero attached hydrogens (tertiary/aromatic N) is 4. The minimum Gasteiger partial charge on any atom is -0.497 e. The third-order valence-corrected chi connectivity index (χ3v) is 21.1. The van der Waals surface area contributed by atoms with Crippen LogP contribution in [0.5, 0.6) is 11.5 Å². The second-order valence-electron chi connectivity index (χ2n) is 24.4. The van der Waals surface area contributed by atoms with Crippen LogP contribution in [0.15, 0.2) is 159 Å². The molecule has 96 heavy (non-hydrogen) atoms. The van der Waals surface area contributed by atoms with E-state index >= 15 is 4.57 Å². The second-order valence-corrected chi connectivity index (χ2v) is 27.5. The number of nitrogens with one attached hydrogen (secondary N) is 4. The number of aromatic amines is 2. The number of ether oxygens (including phenoxy) is 6. The summed E-state index contributed by atoms with van der Waals surface area (Å²) in [7, 11) is -3.37. The van der Waals surface area contributed by atoms with Crippen LogP contribution in [0.2, 0.25) is 0 Å². The van der Waals surface area contributed by atoms with Crippen LogP contribution in [0.3, 0.4) is 0 Å². The lowest BCUT2D eigenvalue weighted by atomic mass is 9.80. The molecule has 2 saturated heterocycles. The van der Waals surface area contributed by atoms with Gasteiger partial charge in [-0.2, -0.15) is 5.26 Å². The van der Waals surface area contributed by atoms with E-state index in [0.29, 0.717) is 41.9 Å². The highest BCUT2D eigenvalue weighted by Gasteiger charge is 2.48. The van der Waals surface area contributed by atoms with Gasteiger partial charge < -0.3 is 42.8 Å². The molecule has 510 valence electrons. The van der Waals surface area contributed by atoms with Crippen molar-refractivity contribution in [2.45, 2.75) is 141 Å². The molecule has 4 N–H and O–H groups in total. The monoisotopic (exact) mass is 1350 g/mol. The molecule has 7 aromatic rings. The fourth-order valence-electron chi connectivity index (χ4n) is 12.5. The summed E-state index contributed by atoms with van der Waals surface area (Å²) >= 11 is 0. The number of carbonyl (C=O) groups excluding carboxylic acids is 1. The predicted molar refractivity (Wildman–Crippen MR) is 361 cm³/mol. The Labute approximate surface area is 558 Å². The van der Waals surface area contributed by atoms with E-state index in [0.717, 1.165) is 27.8 Å². The maximum Gasteiger partial charge on any atom is 0.407 e. The van der Waals surface area contributed by atoms with Gasteiger partial charge in [0.15, 0.2) is 0 Å². The van der Waals surface area contributed by atoms with Crippen LogP contribution in [-0.2, 0) is 47.2 Å². The summed E-state index contributed by atoms with van der Waals surface area (Å²) in [5.41, 5.74) is 3.09. The van der Waals surface area contributed by atoms with E-state index in [2.05, 4.69) is 50.7 Å². The molecule has 2 aromatic heterocycles. The zero-order valence-corrected chi connectivity index (χ0v) is 57.0. The average molecular weight is 1360 g/mol. The fourth-order valence-corrected chi connectivity index (χ4v) is 15.8. The third kappa shape index (κ3) is 16.6. The molecular formula is C70H84N8O16P2. The first-order valence-corrected chi connectivity index (χ1v) is 35.0. The number of alkyl carbamates (subject to hydrolysis) is 1. The third-order valence-electron chi connectivity index (χ3n) is 17.3. The van der Waals surface area contributed by atoms with E-state index in [1.807, 2.05) is 135 Å². The lowest BCUT2D eigenvalue weighted by molar-refractivity contribution is -0.0936. The lowest BCUT2D eigenvalue weighted by Gasteiger charge is -2.37. The number of rotatable bonds is 32. The van der Waals surface area contributed by atoms with E-state index in [1.54, 1.807) is 28.1 Å². The van der Waals surface area contributed by atoms with Crippen LogP contribution in [0.25, 0.3) is 11.1 Å². The topological polar surface area (TPSA) is 287 Å². The Morgan fingerprint density at radius 2 is 1.20 bits per heavy atom. The molecule has 0 radical (unpaired) electrons. The van der Waals surface area contributed by atoms with Gasteiger partial charge in [0, 0.05) is 67.5 Å². The Morgan fingerprint density at radius 3 is 1.74 bits per heavy atom. The Hall–Kier alpha value is -7.88. The zero-order valence-electron chi connectivity index (χ0n) is 55.2. The molecule has 1 amide bonds. The highest BCUT2D eigenvalue weighted by Crippen LogP contribution is 2.53. The summed E-state index contributed by atoms with van der Waals surface area (Å²) in [5.74, 6) is 1.11. The SMILES string of the molecule is COc1ccc(C(OC[C@H]2O[C@@H](n3cc(C)c(=O)[nH]c3=O)C[C@@H]2O[P@@](=O)(NCCCCCNC(=O)OCC2c3ccccc3-c3ccccc32)OC[C@H]2O[C@@H](n3cc(C)c(=O)[nH]c3=O)C[C@@H]2OP(OCCC#N)N(C(C)C)C(C)C)(c2ccccc2)c2ccc(OC)cc2)cc1. The molecule has 2 fully saturated rings. The molecule has 0 spiro atoms. The quantitative estimate of drug-likeness (QED) is 0.0173. The average Bonchev–Trinajstić information content (AvgIpc) is 1.13. The first-order chi connectivity index (χ1) is 46.3. The molecular weight excluding hydrogens is 1270 g/mol. The number of aromatic nitrogens is 4. The summed E-state index contributed by atoms with van der Waals surface area (Å²) in [6.07, 6.45) is -2.62. The predicted octanol–water partition coefficient (Wildman–Crippen LogP) is 10.8. The number of fused-ring (bicyclic) bond motifs is 3. The Bertz CT molecular complexity index is 4000. The first kappa shape index (κ1) is 70.9. The van der Waals surface area contributed by atoms with Crippen molar-refractivity contribution in [3.8, 4) is 28.7 Å². The first-order valence-electron chi connectivity index (χ1n) is 32.3. The zero-order chi connectivity index (χ0) is 68.1. The number of hydrogen-bond donors (Lipinski definition) is 4. The molecule has 0 saturated carbocycles. The Morgan fingerprint density at radius 1 is 0.688 bits per heavy atom. The molecule has 0 bridgehead atoms. The van der Waals surface area contributed by atoms with E-state index in [-0.39, 0.29) is 81.3 Å². The highest BCUT2D eigenvalue weighted by atomic mass is 31.2. The van der Waals surface area contributed by atoms with Gasteiger partial charge >= 0.3 is 25.2 Å². The van der Waals surface area contributed by atoms with Crippen molar-refractivity contribution >= 4 is 22.4 Å². The van der Waals surface area contributed by atoms with E-state index in [1.165, 1.54) is 21.5 Å². The van der Waals surface area contributed by atoms with Gasteiger partial charge in [-0.05, 0) is 118 Å². The maximum atomic E-state index is 16.1. The summed E-state index contributed by atoms with van der Waals surface area (Å²) in [6, 6.07) is 42.7. The summed E-state index contributed by atoms with van der Waals surface area (Å²) in [5, 5.41) is 15.5. The van der Waals surface area contributed by atoms with E-state index in [9.17, 15) is 29.2 Å². The maximum absolute atomic E-state index is 16.1. The fraction of sp³-hybridized carbons (Fsp3) is 0.429. The molecule has 8 atom stereocenters. The van der Waals surface area contributed by atoms with Gasteiger partial charge in [-0.1, -0.05) is 110 Å². The smallest absolute Gasteiger partial charge is 0.407 e. The van der Waals surface area contributed by atoms with Crippen LogP contribution in [0.1, 0.15) is 124 Å². The summed E-state index contributed by atoms with van der Waals surface area (Å²) < 4.78 is 85.2. The Kier molecular flexibility index (Phi) is 24.0. The molecule has 10 rings (SSSR count). The molecule has 4 heterocycles. The minimum absolute atomic E-state index is 0.0446. The number of H-pyrrole nitrogens is 2. The van der Waals surface area contributed by atoms with Crippen molar-refractivity contribution in [1.29, 1.82) is 5.26 Å². The molecule has 26 heteroatoms. The van der Waals surface area contributed by atoms with Gasteiger partial charge in [0.2, 0.25) is 0 Å². The molecule has 24 nitrogen and oxygen atoms in total. The number of amides is 1. The van der Waals surface area contributed by atoms with Crippen molar-refractivity contribution in [2.24, 2.45) is 0 Å². The van der Waals surface area contributed by atoms with Gasteiger partial charge in [0.05, 0.1) is 52.6 Å². The standard InChI is InChI=1S/C70H84N8O16P2/c1-45(2)78(46(3)4)95(89-37-19-34-71)93-59-38-63(76-40-47(5)65(79)74-67(76)81)92-62(59)44-90-96(84,73-36-18-10-17-35-72-69(83)87-42-58-56-24-15-13-22-54(56)55-23-14-16-25-57(55)58)94-60-39-64(77-41-48(6)66(80)75-68(77)82)91-61(60)43-88-70(49-20-11-9-12-21-49,50-26-30-52(85-7)31-27-50)51-28-32-53(86-8)33-29-51/h9,11-16,20-33,40-41,45-46,58-64H,10,17-19,35-39,42-44H2,1-8H3,(H,72,83)(H,73,84)(H,74,79,81)(H,75,80,82)/t59-,60-,61+,62+,63+,64+,95?,96+/m0/s1. The van der Waals surface area contributed by atoms with Gasteiger partial charge in [-0.25, -0.2) is 28.7 Å². The molecule has 5 aromatic carbocycles. The van der Waals surface area contributed by atoms with E-state index < -0.39 is 93.9 Å². The second kappa shape index (κ2) is 32.4. The van der Waals surface area contributed by atoms with Crippen molar-refractivity contribution in [3.63, 3.8) is 0 Å². The van der Waals surface area contributed by atoms with Crippen LogP contribution >= 0.6 is 16.3 Å².